The lowest BCUT2D eigenvalue weighted by atomic mass is 10.3. The molecular weight excluding hydrogens is 280 g/mol. The summed E-state index contributed by atoms with van der Waals surface area (Å²) in [6, 6.07) is 8.46. The molecule has 5 heteroatoms. The Morgan fingerprint density at radius 2 is 2.14 bits per heavy atom. The smallest absolute Gasteiger partial charge is 0.108 e. The molecule has 0 bridgehead atoms. The fraction of sp³-hybridized carbons (Fsp3) is 0.250. The summed E-state index contributed by atoms with van der Waals surface area (Å²) in [6.45, 7) is 2.88. The number of benzene rings is 1. The lowest BCUT2D eigenvalue weighted by Crippen LogP contribution is -2.03. The van der Waals surface area contributed by atoms with Crippen molar-refractivity contribution in [2.24, 2.45) is 0 Å². The van der Waals surface area contributed by atoms with E-state index in [1.165, 1.54) is 4.90 Å². The quantitative estimate of drug-likeness (QED) is 0.677. The predicted molar refractivity (Wildman–Crippen MR) is 86.1 cm³/mol. The molecule has 0 spiro atoms. The van der Waals surface area contributed by atoms with Crippen molar-refractivity contribution in [3.63, 3.8) is 0 Å². The van der Waals surface area contributed by atoms with E-state index < -0.39 is 0 Å². The first kappa shape index (κ1) is 13.9. The second-order valence-electron chi connectivity index (χ2n) is 4.80. The Kier molecular flexibility index (Phi) is 4.10. The largest absolute Gasteiger partial charge is 0.329 e. The molecule has 0 saturated heterocycles. The highest BCUT2D eigenvalue weighted by Crippen LogP contribution is 2.19. The van der Waals surface area contributed by atoms with E-state index in [1.807, 2.05) is 18.7 Å². The topological polar surface area (TPSA) is 35.6 Å². The highest BCUT2D eigenvalue weighted by Gasteiger charge is 2.05. The minimum absolute atomic E-state index is 0.762. The molecule has 1 aromatic carbocycles. The van der Waals surface area contributed by atoms with E-state index in [-0.39, 0.29) is 0 Å². The van der Waals surface area contributed by atoms with Crippen LogP contribution in [0, 0.1) is 0 Å². The lowest BCUT2D eigenvalue weighted by molar-refractivity contribution is 0.719. The molecule has 0 N–H and O–H groups in total. The van der Waals surface area contributed by atoms with Crippen LogP contribution in [0.5, 0.6) is 0 Å². The number of hydrogen-bond acceptors (Lipinski definition) is 3. The Bertz CT molecular complexity index is 729. The maximum absolute atomic E-state index is 4.51. The van der Waals surface area contributed by atoms with Gasteiger partial charge in [-0.25, -0.2) is 9.97 Å². The number of imidazole rings is 2. The predicted octanol–water partition coefficient (Wildman–Crippen LogP) is 3.40. The Hall–Kier alpha value is -2.01. The third-order valence-electron chi connectivity index (χ3n) is 3.44. The maximum atomic E-state index is 4.51. The van der Waals surface area contributed by atoms with Crippen molar-refractivity contribution >= 4 is 11.8 Å². The zero-order valence-electron chi connectivity index (χ0n) is 12.2. The average Bonchev–Trinajstić information content (AvgIpc) is 3.17. The van der Waals surface area contributed by atoms with Gasteiger partial charge in [-0.1, -0.05) is 13.0 Å². The average molecular weight is 298 g/mol. The summed E-state index contributed by atoms with van der Waals surface area (Å²) in [6.07, 6.45) is 10.8. The van der Waals surface area contributed by atoms with Crippen molar-refractivity contribution in [2.75, 3.05) is 6.26 Å². The fourth-order valence-electron chi connectivity index (χ4n) is 2.33. The lowest BCUT2D eigenvalue weighted by Gasteiger charge is -2.04. The van der Waals surface area contributed by atoms with Gasteiger partial charge < -0.3 is 9.13 Å². The maximum Gasteiger partial charge on any atom is 0.108 e. The summed E-state index contributed by atoms with van der Waals surface area (Å²) >= 11 is 1.75. The van der Waals surface area contributed by atoms with Gasteiger partial charge in [0.25, 0.3) is 0 Å². The molecule has 3 aromatic rings. The van der Waals surface area contributed by atoms with Gasteiger partial charge in [-0.05, 0) is 24.5 Å². The van der Waals surface area contributed by atoms with Gasteiger partial charge >= 0.3 is 0 Å². The monoisotopic (exact) mass is 298 g/mol. The molecule has 0 aliphatic rings. The van der Waals surface area contributed by atoms with Crippen LogP contribution in [0.4, 0.5) is 0 Å². The van der Waals surface area contributed by atoms with E-state index in [2.05, 4.69) is 62.7 Å². The molecule has 0 atom stereocenters. The Labute approximate surface area is 128 Å². The van der Waals surface area contributed by atoms with Crippen LogP contribution < -0.4 is 0 Å². The molecule has 0 unspecified atom stereocenters. The van der Waals surface area contributed by atoms with Crippen LogP contribution in [0.3, 0.4) is 0 Å². The van der Waals surface area contributed by atoms with Crippen molar-refractivity contribution in [3.05, 3.63) is 60.7 Å². The highest BCUT2D eigenvalue weighted by molar-refractivity contribution is 7.98. The molecule has 2 aromatic heterocycles. The Morgan fingerprint density at radius 1 is 1.24 bits per heavy atom. The molecule has 21 heavy (non-hydrogen) atoms. The van der Waals surface area contributed by atoms with Crippen LogP contribution in [-0.4, -0.2) is 25.4 Å². The van der Waals surface area contributed by atoms with Gasteiger partial charge in [-0.15, -0.1) is 11.8 Å². The van der Waals surface area contributed by atoms with Crippen molar-refractivity contribution in [3.8, 4) is 5.69 Å². The molecule has 4 nitrogen and oxygen atoms in total. The van der Waals surface area contributed by atoms with E-state index in [0.29, 0.717) is 0 Å². The summed E-state index contributed by atoms with van der Waals surface area (Å²) in [7, 11) is 0. The summed E-state index contributed by atoms with van der Waals surface area (Å²) in [5.41, 5.74) is 2.18. The number of rotatable bonds is 5. The molecular formula is C16H18N4S. The van der Waals surface area contributed by atoms with E-state index in [4.69, 9.17) is 0 Å². The second-order valence-corrected chi connectivity index (χ2v) is 5.68. The van der Waals surface area contributed by atoms with E-state index in [0.717, 1.165) is 30.2 Å². The minimum atomic E-state index is 0.762. The van der Waals surface area contributed by atoms with Crippen molar-refractivity contribution in [1.29, 1.82) is 0 Å². The van der Waals surface area contributed by atoms with Gasteiger partial charge in [0.1, 0.15) is 5.82 Å². The number of thioether (sulfide) groups is 1. The normalized spacial score (nSPS) is 11.0. The van der Waals surface area contributed by atoms with E-state index >= 15 is 0 Å². The van der Waals surface area contributed by atoms with Crippen LogP contribution in [0.2, 0.25) is 0 Å². The number of aromatic nitrogens is 4. The van der Waals surface area contributed by atoms with Gasteiger partial charge in [-0.2, -0.15) is 0 Å². The zero-order valence-corrected chi connectivity index (χ0v) is 13.0. The molecule has 0 saturated carbocycles. The summed E-state index contributed by atoms with van der Waals surface area (Å²) in [5, 5.41) is 0. The molecule has 0 amide bonds. The molecule has 0 fully saturated rings. The minimum Gasteiger partial charge on any atom is -0.329 e. The van der Waals surface area contributed by atoms with Gasteiger partial charge in [0, 0.05) is 35.6 Å². The third-order valence-corrected chi connectivity index (χ3v) is 4.16. The van der Waals surface area contributed by atoms with Crippen LogP contribution in [-0.2, 0) is 13.0 Å². The highest BCUT2D eigenvalue weighted by atomic mass is 32.2. The Morgan fingerprint density at radius 3 is 2.95 bits per heavy atom. The van der Waals surface area contributed by atoms with Crippen molar-refractivity contribution in [2.45, 2.75) is 24.8 Å². The molecule has 0 aliphatic heterocycles. The van der Waals surface area contributed by atoms with Gasteiger partial charge in [-0.3, -0.25) is 0 Å². The molecule has 0 aliphatic carbocycles. The van der Waals surface area contributed by atoms with Gasteiger partial charge in [0.05, 0.1) is 18.6 Å². The molecule has 3 rings (SSSR count). The first-order chi connectivity index (χ1) is 10.3. The number of nitrogens with zero attached hydrogens (tertiary/aromatic N) is 4. The van der Waals surface area contributed by atoms with Crippen LogP contribution in [0.25, 0.3) is 5.69 Å². The van der Waals surface area contributed by atoms with E-state index in [9.17, 15) is 0 Å². The zero-order chi connectivity index (χ0) is 14.7. The summed E-state index contributed by atoms with van der Waals surface area (Å²) < 4.78 is 4.21. The number of aryl methyl sites for hydroxylation is 1. The van der Waals surface area contributed by atoms with Gasteiger partial charge in [0.2, 0.25) is 0 Å². The first-order valence-corrected chi connectivity index (χ1v) is 8.20. The van der Waals surface area contributed by atoms with Crippen molar-refractivity contribution in [1.82, 2.24) is 19.1 Å². The summed E-state index contributed by atoms with van der Waals surface area (Å²) in [4.78, 5) is 10.1. The molecule has 2 heterocycles. The summed E-state index contributed by atoms with van der Waals surface area (Å²) in [5.74, 6) is 1.09. The molecule has 108 valence electrons. The van der Waals surface area contributed by atoms with E-state index in [1.54, 1.807) is 11.8 Å². The van der Waals surface area contributed by atoms with Crippen LogP contribution in [0.1, 0.15) is 18.4 Å². The van der Waals surface area contributed by atoms with Gasteiger partial charge in [0.15, 0.2) is 0 Å². The SMILES string of the molecule is CCc1nccn1Cc1cn(-c2cccc(SC)c2)cn1. The first-order valence-electron chi connectivity index (χ1n) is 6.97. The standard InChI is InChI=1S/C16H18N4S/c1-3-16-17-7-8-19(16)10-13-11-20(12-18-13)14-5-4-6-15(9-14)21-2/h4-9,11-12H,3,10H2,1-2H3. The van der Waals surface area contributed by atoms with Crippen LogP contribution in [0.15, 0.2) is 54.1 Å². The Balaban J connectivity index is 1.83. The third kappa shape index (κ3) is 3.03. The number of hydrogen-bond donors (Lipinski definition) is 0. The fourth-order valence-corrected chi connectivity index (χ4v) is 2.78. The second kappa shape index (κ2) is 6.18. The van der Waals surface area contributed by atoms with Crippen LogP contribution >= 0.6 is 11.8 Å². The van der Waals surface area contributed by atoms with Crippen molar-refractivity contribution < 1.29 is 0 Å². The molecule has 0 radical (unpaired) electrons.